The van der Waals surface area contributed by atoms with Gasteiger partial charge in [-0.3, -0.25) is 0 Å². The van der Waals surface area contributed by atoms with Crippen LogP contribution in [0.2, 0.25) is 0 Å². The van der Waals surface area contributed by atoms with E-state index in [4.69, 9.17) is 10.5 Å². The fraction of sp³-hybridized carbons (Fsp3) is 0.333. The largest absolute Gasteiger partial charge is 0.489 e. The molecule has 4 nitrogen and oxygen atoms in total. The molecule has 0 radical (unpaired) electrons. The van der Waals surface area contributed by atoms with Gasteiger partial charge in [0.2, 0.25) is 0 Å². The van der Waals surface area contributed by atoms with Crippen LogP contribution in [0.15, 0.2) is 42.5 Å². The number of hydrogen-bond acceptors (Lipinski definition) is 4. The fourth-order valence-electron chi connectivity index (χ4n) is 3.45. The molecular weight excluding hydrogens is 274 g/mol. The second-order valence-corrected chi connectivity index (χ2v) is 6.02. The highest BCUT2D eigenvalue weighted by Gasteiger charge is 2.24. The number of fused-ring (bicyclic) bond motifs is 2. The summed E-state index contributed by atoms with van der Waals surface area (Å²) in [5.41, 5.74) is 10.5. The number of nitrogens with one attached hydrogen (secondary N) is 1. The molecule has 114 valence electrons. The van der Waals surface area contributed by atoms with Crippen LogP contribution in [-0.4, -0.2) is 26.2 Å². The van der Waals surface area contributed by atoms with E-state index < -0.39 is 0 Å². The number of para-hydroxylation sites is 1. The highest BCUT2D eigenvalue weighted by atomic mass is 16.5. The Morgan fingerprint density at radius 2 is 2.14 bits per heavy atom. The van der Waals surface area contributed by atoms with Gasteiger partial charge in [-0.05, 0) is 30.2 Å². The predicted octanol–water partition coefficient (Wildman–Crippen LogP) is 3.07. The molecule has 0 fully saturated rings. The minimum Gasteiger partial charge on any atom is -0.489 e. The Balaban J connectivity index is 1.48. The zero-order valence-corrected chi connectivity index (χ0v) is 12.6. The SMILES string of the molecule is Nc1ccc2c(c1)OCCN2CCC1CNc2ccccc21. The van der Waals surface area contributed by atoms with Crippen LogP contribution in [-0.2, 0) is 0 Å². The van der Waals surface area contributed by atoms with Crippen molar-refractivity contribution in [2.45, 2.75) is 12.3 Å². The van der Waals surface area contributed by atoms with Crippen molar-refractivity contribution in [1.82, 2.24) is 0 Å². The molecular formula is C18H21N3O. The lowest BCUT2D eigenvalue weighted by Gasteiger charge is -2.32. The Bertz CT molecular complexity index is 686. The number of nitrogens with two attached hydrogens (primary N) is 1. The smallest absolute Gasteiger partial charge is 0.144 e. The lowest BCUT2D eigenvalue weighted by atomic mass is 9.97. The van der Waals surface area contributed by atoms with Gasteiger partial charge in [0, 0.05) is 36.4 Å². The van der Waals surface area contributed by atoms with E-state index in [1.165, 1.54) is 16.9 Å². The van der Waals surface area contributed by atoms with Crippen LogP contribution in [0.3, 0.4) is 0 Å². The summed E-state index contributed by atoms with van der Waals surface area (Å²) >= 11 is 0. The molecule has 1 atom stereocenters. The van der Waals surface area contributed by atoms with E-state index in [1.54, 1.807) is 0 Å². The third kappa shape index (κ3) is 2.34. The predicted molar refractivity (Wildman–Crippen MR) is 90.9 cm³/mol. The normalized spacial score (nSPS) is 19.1. The summed E-state index contributed by atoms with van der Waals surface area (Å²) < 4.78 is 5.73. The quantitative estimate of drug-likeness (QED) is 0.855. The van der Waals surface area contributed by atoms with Gasteiger partial charge in [0.1, 0.15) is 12.4 Å². The molecule has 4 heteroatoms. The van der Waals surface area contributed by atoms with E-state index in [0.717, 1.165) is 44.1 Å². The molecule has 2 aliphatic rings. The molecule has 0 bridgehead atoms. The van der Waals surface area contributed by atoms with Gasteiger partial charge in [0.15, 0.2) is 0 Å². The molecule has 0 amide bonds. The monoisotopic (exact) mass is 295 g/mol. The van der Waals surface area contributed by atoms with Gasteiger partial charge in [0.05, 0.1) is 12.2 Å². The number of anilines is 3. The molecule has 0 saturated heterocycles. The number of benzene rings is 2. The van der Waals surface area contributed by atoms with E-state index >= 15 is 0 Å². The summed E-state index contributed by atoms with van der Waals surface area (Å²) in [6.07, 6.45) is 1.15. The average molecular weight is 295 g/mol. The maximum absolute atomic E-state index is 5.85. The second kappa shape index (κ2) is 5.44. The van der Waals surface area contributed by atoms with E-state index in [-0.39, 0.29) is 0 Å². The summed E-state index contributed by atoms with van der Waals surface area (Å²) in [5.74, 6) is 1.51. The van der Waals surface area contributed by atoms with Crippen molar-refractivity contribution in [2.75, 3.05) is 42.2 Å². The summed E-state index contributed by atoms with van der Waals surface area (Å²) in [6, 6.07) is 14.6. The number of ether oxygens (including phenoxy) is 1. The molecule has 22 heavy (non-hydrogen) atoms. The Morgan fingerprint density at radius 3 is 3.09 bits per heavy atom. The van der Waals surface area contributed by atoms with Crippen molar-refractivity contribution in [3.63, 3.8) is 0 Å². The van der Waals surface area contributed by atoms with Gasteiger partial charge in [0.25, 0.3) is 0 Å². The van der Waals surface area contributed by atoms with Gasteiger partial charge in [-0.15, -0.1) is 0 Å². The molecule has 4 rings (SSSR count). The lowest BCUT2D eigenvalue weighted by molar-refractivity contribution is 0.307. The van der Waals surface area contributed by atoms with Crippen LogP contribution < -0.4 is 20.7 Å². The first-order chi connectivity index (χ1) is 10.8. The first kappa shape index (κ1) is 13.3. The topological polar surface area (TPSA) is 50.5 Å². The summed E-state index contributed by atoms with van der Waals surface area (Å²) in [7, 11) is 0. The van der Waals surface area contributed by atoms with E-state index in [1.807, 2.05) is 12.1 Å². The molecule has 0 spiro atoms. The van der Waals surface area contributed by atoms with Crippen LogP contribution in [0.4, 0.5) is 17.1 Å². The molecule has 0 aliphatic carbocycles. The van der Waals surface area contributed by atoms with Gasteiger partial charge in [-0.1, -0.05) is 18.2 Å². The highest BCUT2D eigenvalue weighted by molar-refractivity contribution is 5.65. The van der Waals surface area contributed by atoms with E-state index in [2.05, 4.69) is 40.5 Å². The van der Waals surface area contributed by atoms with Crippen LogP contribution in [0.1, 0.15) is 17.9 Å². The maximum Gasteiger partial charge on any atom is 0.144 e. The Morgan fingerprint density at radius 1 is 1.23 bits per heavy atom. The van der Waals surface area contributed by atoms with Crippen molar-refractivity contribution in [3.8, 4) is 5.75 Å². The number of nitrogens with zero attached hydrogens (tertiary/aromatic N) is 1. The maximum atomic E-state index is 5.85. The summed E-state index contributed by atoms with van der Waals surface area (Å²) in [4.78, 5) is 2.42. The van der Waals surface area contributed by atoms with Gasteiger partial charge in [-0.2, -0.15) is 0 Å². The standard InChI is InChI=1S/C18H21N3O/c19-14-5-6-17-18(11-14)22-10-9-21(17)8-7-13-12-20-16-4-2-1-3-15(13)16/h1-6,11,13,20H,7-10,12,19H2. The Hall–Kier alpha value is -2.36. The van der Waals surface area contributed by atoms with Crippen LogP contribution in [0.25, 0.3) is 0 Å². The first-order valence-electron chi connectivity index (χ1n) is 7.91. The Labute approximate surface area is 130 Å². The molecule has 2 aromatic carbocycles. The van der Waals surface area contributed by atoms with Crippen LogP contribution >= 0.6 is 0 Å². The molecule has 2 aromatic rings. The van der Waals surface area contributed by atoms with Crippen molar-refractivity contribution in [1.29, 1.82) is 0 Å². The average Bonchev–Trinajstić information content (AvgIpc) is 2.96. The van der Waals surface area contributed by atoms with Gasteiger partial charge >= 0.3 is 0 Å². The molecule has 0 aromatic heterocycles. The molecule has 2 heterocycles. The third-order valence-corrected chi connectivity index (χ3v) is 4.63. The van der Waals surface area contributed by atoms with Crippen molar-refractivity contribution >= 4 is 17.1 Å². The highest BCUT2D eigenvalue weighted by Crippen LogP contribution is 2.36. The number of hydrogen-bond donors (Lipinski definition) is 2. The minimum atomic E-state index is 0.594. The van der Waals surface area contributed by atoms with Gasteiger partial charge < -0.3 is 20.7 Å². The summed E-state index contributed by atoms with van der Waals surface area (Å²) in [6.45, 7) is 3.76. The number of rotatable bonds is 3. The zero-order chi connectivity index (χ0) is 14.9. The Kier molecular flexibility index (Phi) is 3.29. The zero-order valence-electron chi connectivity index (χ0n) is 12.6. The molecule has 0 saturated carbocycles. The fourth-order valence-corrected chi connectivity index (χ4v) is 3.45. The number of nitrogen functional groups attached to an aromatic ring is 1. The molecule has 2 aliphatic heterocycles. The molecule has 1 unspecified atom stereocenters. The van der Waals surface area contributed by atoms with Crippen LogP contribution in [0, 0.1) is 0 Å². The molecule has 3 N–H and O–H groups in total. The lowest BCUT2D eigenvalue weighted by Crippen LogP contribution is -2.34. The van der Waals surface area contributed by atoms with E-state index in [0.29, 0.717) is 5.92 Å². The van der Waals surface area contributed by atoms with E-state index in [9.17, 15) is 0 Å². The first-order valence-corrected chi connectivity index (χ1v) is 7.91. The van der Waals surface area contributed by atoms with Crippen molar-refractivity contribution in [3.05, 3.63) is 48.0 Å². The third-order valence-electron chi connectivity index (χ3n) is 4.63. The van der Waals surface area contributed by atoms with Crippen molar-refractivity contribution < 1.29 is 4.74 Å². The van der Waals surface area contributed by atoms with Crippen molar-refractivity contribution in [2.24, 2.45) is 0 Å². The van der Waals surface area contributed by atoms with Gasteiger partial charge in [-0.25, -0.2) is 0 Å². The summed E-state index contributed by atoms with van der Waals surface area (Å²) in [5, 5.41) is 3.50. The second-order valence-electron chi connectivity index (χ2n) is 6.02. The van der Waals surface area contributed by atoms with Crippen LogP contribution in [0.5, 0.6) is 5.75 Å². The minimum absolute atomic E-state index is 0.594.